The van der Waals surface area contributed by atoms with E-state index in [1.54, 1.807) is 25.1 Å². The van der Waals surface area contributed by atoms with Crippen molar-refractivity contribution in [3.63, 3.8) is 0 Å². The van der Waals surface area contributed by atoms with Gasteiger partial charge in [-0.1, -0.05) is 6.07 Å². The molecular formula is C15H11FIN5O. The minimum Gasteiger partial charge on any atom is -0.322 e. The summed E-state index contributed by atoms with van der Waals surface area (Å²) in [5.41, 5.74) is 1.16. The molecule has 0 aliphatic rings. The standard InChI is InChI=1S/C15H11FIN5O/c1-9-19-20-21-22(9)14-8-12(5-6-13(14)16)18-15(23)10-3-2-4-11(17)7-10/h2-8H,1H3,(H,18,23). The number of rotatable bonds is 3. The molecule has 3 rings (SSSR count). The Morgan fingerprint density at radius 1 is 1.26 bits per heavy atom. The van der Waals surface area contributed by atoms with E-state index in [4.69, 9.17) is 0 Å². The minimum absolute atomic E-state index is 0.174. The monoisotopic (exact) mass is 423 g/mol. The normalized spacial score (nSPS) is 10.6. The van der Waals surface area contributed by atoms with Crippen LogP contribution in [0.1, 0.15) is 16.2 Å². The lowest BCUT2D eigenvalue weighted by Gasteiger charge is -2.09. The van der Waals surface area contributed by atoms with E-state index in [-0.39, 0.29) is 11.6 Å². The summed E-state index contributed by atoms with van der Waals surface area (Å²) >= 11 is 2.13. The van der Waals surface area contributed by atoms with Gasteiger partial charge in [-0.05, 0) is 76.3 Å². The van der Waals surface area contributed by atoms with Gasteiger partial charge >= 0.3 is 0 Å². The molecule has 1 amide bonds. The summed E-state index contributed by atoms with van der Waals surface area (Å²) in [7, 11) is 0. The number of halogens is 2. The van der Waals surface area contributed by atoms with Crippen LogP contribution in [0.4, 0.5) is 10.1 Å². The molecular weight excluding hydrogens is 412 g/mol. The fourth-order valence-corrected chi connectivity index (χ4v) is 2.58. The number of nitrogens with zero attached hydrogens (tertiary/aromatic N) is 4. The molecule has 8 heteroatoms. The van der Waals surface area contributed by atoms with Crippen molar-refractivity contribution in [1.29, 1.82) is 0 Å². The first-order valence-corrected chi connectivity index (χ1v) is 7.74. The van der Waals surface area contributed by atoms with Gasteiger partial charge in [0.05, 0.1) is 0 Å². The molecule has 0 saturated carbocycles. The van der Waals surface area contributed by atoms with Crippen LogP contribution in [0.5, 0.6) is 0 Å². The Morgan fingerprint density at radius 3 is 2.78 bits per heavy atom. The Hall–Kier alpha value is -2.36. The van der Waals surface area contributed by atoms with E-state index in [0.29, 0.717) is 17.1 Å². The Bertz CT molecular complexity index is 880. The Balaban J connectivity index is 1.90. The van der Waals surface area contributed by atoms with Crippen LogP contribution in [0, 0.1) is 16.3 Å². The van der Waals surface area contributed by atoms with Gasteiger partial charge in [0.2, 0.25) is 0 Å². The average molecular weight is 423 g/mol. The second-order valence-corrected chi connectivity index (χ2v) is 6.01. The van der Waals surface area contributed by atoms with E-state index in [0.717, 1.165) is 3.57 Å². The Kier molecular flexibility index (Phi) is 4.33. The average Bonchev–Trinajstić information content (AvgIpc) is 2.95. The lowest BCUT2D eigenvalue weighted by molar-refractivity contribution is 0.102. The summed E-state index contributed by atoms with van der Waals surface area (Å²) in [6.07, 6.45) is 0. The number of nitrogens with one attached hydrogen (secondary N) is 1. The zero-order valence-electron chi connectivity index (χ0n) is 12.0. The van der Waals surface area contributed by atoms with Gasteiger partial charge in [0.1, 0.15) is 11.5 Å². The van der Waals surface area contributed by atoms with Gasteiger partial charge in [0, 0.05) is 14.8 Å². The molecule has 1 aromatic heterocycles. The highest BCUT2D eigenvalue weighted by molar-refractivity contribution is 14.1. The zero-order valence-corrected chi connectivity index (χ0v) is 14.2. The third kappa shape index (κ3) is 3.36. The molecule has 3 aromatic rings. The van der Waals surface area contributed by atoms with Crippen LogP contribution in [0.25, 0.3) is 5.69 Å². The number of hydrogen-bond donors (Lipinski definition) is 1. The largest absolute Gasteiger partial charge is 0.322 e. The van der Waals surface area contributed by atoms with Crippen LogP contribution in [0.15, 0.2) is 42.5 Å². The molecule has 0 fully saturated rings. The van der Waals surface area contributed by atoms with Crippen molar-refractivity contribution in [2.24, 2.45) is 0 Å². The lowest BCUT2D eigenvalue weighted by atomic mass is 10.2. The van der Waals surface area contributed by atoms with Crippen molar-refractivity contribution in [2.45, 2.75) is 6.92 Å². The SMILES string of the molecule is Cc1nnnn1-c1cc(NC(=O)c2cccc(I)c2)ccc1F. The van der Waals surface area contributed by atoms with E-state index < -0.39 is 5.82 Å². The first-order valence-electron chi connectivity index (χ1n) is 6.66. The van der Waals surface area contributed by atoms with E-state index in [9.17, 15) is 9.18 Å². The quantitative estimate of drug-likeness (QED) is 0.658. The molecule has 0 spiro atoms. The molecule has 23 heavy (non-hydrogen) atoms. The molecule has 1 N–H and O–H groups in total. The number of carbonyl (C=O) groups excluding carboxylic acids is 1. The van der Waals surface area contributed by atoms with Crippen LogP contribution in [-0.2, 0) is 0 Å². The molecule has 0 radical (unpaired) electrons. The second-order valence-electron chi connectivity index (χ2n) is 4.77. The molecule has 1 heterocycles. The van der Waals surface area contributed by atoms with Gasteiger partial charge in [-0.15, -0.1) is 5.10 Å². The number of carbonyl (C=O) groups is 1. The number of aromatic nitrogens is 4. The summed E-state index contributed by atoms with van der Waals surface area (Å²) < 4.78 is 16.2. The summed E-state index contributed by atoms with van der Waals surface area (Å²) in [5, 5.41) is 13.7. The summed E-state index contributed by atoms with van der Waals surface area (Å²) in [6.45, 7) is 1.66. The smallest absolute Gasteiger partial charge is 0.255 e. The highest BCUT2D eigenvalue weighted by atomic mass is 127. The van der Waals surface area contributed by atoms with Gasteiger partial charge in [-0.2, -0.15) is 4.68 Å². The molecule has 116 valence electrons. The maximum Gasteiger partial charge on any atom is 0.255 e. The Labute approximate surface area is 144 Å². The number of hydrogen-bond acceptors (Lipinski definition) is 4. The third-order valence-corrected chi connectivity index (χ3v) is 3.82. The van der Waals surface area contributed by atoms with E-state index in [2.05, 4.69) is 43.4 Å². The third-order valence-electron chi connectivity index (χ3n) is 3.14. The molecule has 0 unspecified atom stereocenters. The van der Waals surface area contributed by atoms with Gasteiger partial charge in [-0.3, -0.25) is 4.79 Å². The first-order chi connectivity index (χ1) is 11.0. The van der Waals surface area contributed by atoms with Crippen molar-refractivity contribution in [3.05, 3.63) is 63.2 Å². The molecule has 0 aliphatic carbocycles. The second kappa shape index (κ2) is 6.41. The fraction of sp³-hybridized carbons (Fsp3) is 0.0667. The van der Waals surface area contributed by atoms with Crippen molar-refractivity contribution in [2.75, 3.05) is 5.32 Å². The molecule has 0 saturated heterocycles. The number of anilines is 1. The van der Waals surface area contributed by atoms with Crippen molar-refractivity contribution in [1.82, 2.24) is 20.2 Å². The van der Waals surface area contributed by atoms with Crippen LogP contribution >= 0.6 is 22.6 Å². The number of tetrazole rings is 1. The predicted molar refractivity (Wildman–Crippen MR) is 91.0 cm³/mol. The highest BCUT2D eigenvalue weighted by Gasteiger charge is 2.12. The van der Waals surface area contributed by atoms with E-state index >= 15 is 0 Å². The minimum atomic E-state index is -0.479. The number of aryl methyl sites for hydroxylation is 1. The maximum atomic E-state index is 14.0. The zero-order chi connectivity index (χ0) is 16.4. The lowest BCUT2D eigenvalue weighted by Crippen LogP contribution is -2.13. The van der Waals surface area contributed by atoms with Gasteiger partial charge in [-0.25, -0.2) is 4.39 Å². The maximum absolute atomic E-state index is 14.0. The van der Waals surface area contributed by atoms with Crippen molar-refractivity contribution in [3.8, 4) is 5.69 Å². The summed E-state index contributed by atoms with van der Waals surface area (Å²) in [6, 6.07) is 11.4. The van der Waals surface area contributed by atoms with Crippen molar-refractivity contribution >= 4 is 34.2 Å². The van der Waals surface area contributed by atoms with Crippen LogP contribution in [0.3, 0.4) is 0 Å². The van der Waals surface area contributed by atoms with Crippen LogP contribution in [0.2, 0.25) is 0 Å². The molecule has 0 atom stereocenters. The molecule has 0 bridgehead atoms. The number of amides is 1. The van der Waals surface area contributed by atoms with Gasteiger partial charge < -0.3 is 5.32 Å². The topological polar surface area (TPSA) is 72.7 Å². The van der Waals surface area contributed by atoms with Gasteiger partial charge in [0.15, 0.2) is 5.82 Å². The van der Waals surface area contributed by atoms with Gasteiger partial charge in [0.25, 0.3) is 5.91 Å². The summed E-state index contributed by atoms with van der Waals surface area (Å²) in [5.74, 6) is -0.299. The Morgan fingerprint density at radius 2 is 2.09 bits per heavy atom. The van der Waals surface area contributed by atoms with Crippen LogP contribution < -0.4 is 5.32 Å². The van der Waals surface area contributed by atoms with Crippen molar-refractivity contribution < 1.29 is 9.18 Å². The van der Waals surface area contributed by atoms with Crippen LogP contribution in [-0.4, -0.2) is 26.1 Å². The molecule has 6 nitrogen and oxygen atoms in total. The highest BCUT2D eigenvalue weighted by Crippen LogP contribution is 2.19. The predicted octanol–water partition coefficient (Wildman–Crippen LogP) is 2.97. The molecule has 2 aromatic carbocycles. The fourth-order valence-electron chi connectivity index (χ4n) is 2.04. The van der Waals surface area contributed by atoms with E-state index in [1.807, 2.05) is 6.07 Å². The molecule has 0 aliphatic heterocycles. The summed E-state index contributed by atoms with van der Waals surface area (Å²) in [4.78, 5) is 12.3. The van der Waals surface area contributed by atoms with E-state index in [1.165, 1.54) is 22.9 Å². The first kappa shape index (κ1) is 15.5. The number of benzene rings is 2.